The molecular formula is C22H27BrFN3O4S. The number of piperidine rings is 1. The Morgan fingerprint density at radius 3 is 2.59 bits per heavy atom. The number of sulfone groups is 1. The minimum Gasteiger partial charge on any atom is -0.395 e. The Kier molecular flexibility index (Phi) is 7.44. The van der Waals surface area contributed by atoms with Gasteiger partial charge in [-0.3, -0.25) is 0 Å². The van der Waals surface area contributed by atoms with Crippen LogP contribution in [-0.2, 0) is 21.2 Å². The van der Waals surface area contributed by atoms with Gasteiger partial charge in [0.15, 0.2) is 9.84 Å². The monoisotopic (exact) mass is 527 g/mol. The fourth-order valence-electron chi connectivity index (χ4n) is 4.43. The highest BCUT2D eigenvalue weighted by Gasteiger charge is 2.43. The van der Waals surface area contributed by atoms with Crippen molar-refractivity contribution in [1.82, 2.24) is 9.97 Å². The molecule has 0 spiro atoms. The van der Waals surface area contributed by atoms with Crippen LogP contribution in [0.5, 0.6) is 0 Å². The number of aliphatic hydroxyl groups excluding tert-OH is 1. The van der Waals surface area contributed by atoms with Gasteiger partial charge in [-0.1, -0.05) is 6.07 Å². The lowest BCUT2D eigenvalue weighted by Crippen LogP contribution is -2.35. The molecule has 0 radical (unpaired) electrons. The lowest BCUT2D eigenvalue weighted by Gasteiger charge is -2.32. The van der Waals surface area contributed by atoms with Crippen LogP contribution in [-0.4, -0.2) is 55.5 Å². The molecule has 1 aliphatic carbocycles. The van der Waals surface area contributed by atoms with Crippen molar-refractivity contribution in [3.63, 3.8) is 0 Å². The predicted octanol–water partition coefficient (Wildman–Crippen LogP) is 3.21. The number of rotatable bonds is 9. The van der Waals surface area contributed by atoms with Crippen LogP contribution >= 0.6 is 15.9 Å². The summed E-state index contributed by atoms with van der Waals surface area (Å²) in [7, 11) is -3.66. The minimum absolute atomic E-state index is 0.116. The average Bonchev–Trinajstić information content (AvgIpc) is 3.55. The summed E-state index contributed by atoms with van der Waals surface area (Å²) in [5, 5.41) is 8.85. The van der Waals surface area contributed by atoms with Gasteiger partial charge < -0.3 is 14.7 Å². The summed E-state index contributed by atoms with van der Waals surface area (Å²) in [5.41, 5.74) is 0.341. The van der Waals surface area contributed by atoms with E-state index in [1.54, 1.807) is 12.4 Å². The van der Waals surface area contributed by atoms with Crippen LogP contribution in [0.2, 0.25) is 0 Å². The SMILES string of the molecule is O=S(=O)(CCO)c1ccc(COC[C@@H]2C[C@@H]2C2CCN(c3ncc(Br)cn3)CC2)c(F)c1. The highest BCUT2D eigenvalue weighted by atomic mass is 79.9. The Morgan fingerprint density at radius 1 is 1.22 bits per heavy atom. The van der Waals surface area contributed by atoms with Gasteiger partial charge in [0, 0.05) is 31.0 Å². The summed E-state index contributed by atoms with van der Waals surface area (Å²) in [6.45, 7) is 2.12. The maximum atomic E-state index is 14.3. The smallest absolute Gasteiger partial charge is 0.225 e. The van der Waals surface area contributed by atoms with Gasteiger partial charge in [0.05, 0.1) is 34.9 Å². The maximum absolute atomic E-state index is 14.3. The fraction of sp³-hybridized carbons (Fsp3) is 0.545. The van der Waals surface area contributed by atoms with Gasteiger partial charge in [-0.2, -0.15) is 0 Å². The lowest BCUT2D eigenvalue weighted by atomic mass is 9.91. The Bertz CT molecular complexity index is 1030. The molecule has 0 amide bonds. The molecule has 1 saturated heterocycles. The molecule has 1 aromatic carbocycles. The first-order valence-electron chi connectivity index (χ1n) is 10.8. The standard InChI is InChI=1S/C22H27BrFN3O4S/c23-18-11-25-22(26-12-18)27-5-3-15(4-6-27)20-9-17(20)14-31-13-16-1-2-19(10-21(16)24)32(29,30)8-7-28/h1-2,10-12,15,17,20,28H,3-9,13-14H2/t17-,20+/m0/s1. The first kappa shape index (κ1) is 23.5. The average molecular weight is 528 g/mol. The molecular weight excluding hydrogens is 501 g/mol. The van der Waals surface area contributed by atoms with Crippen LogP contribution in [0.25, 0.3) is 0 Å². The van der Waals surface area contributed by atoms with E-state index in [0.717, 1.165) is 48.8 Å². The molecule has 32 heavy (non-hydrogen) atoms. The number of ether oxygens (including phenoxy) is 1. The summed E-state index contributed by atoms with van der Waals surface area (Å²) in [4.78, 5) is 10.9. The number of benzene rings is 1. The van der Waals surface area contributed by atoms with Gasteiger partial charge in [0.25, 0.3) is 0 Å². The maximum Gasteiger partial charge on any atom is 0.225 e. The fourth-order valence-corrected chi connectivity index (χ4v) is 5.67. The molecule has 1 saturated carbocycles. The van der Waals surface area contributed by atoms with Crippen molar-refractivity contribution in [3.8, 4) is 0 Å². The molecule has 10 heteroatoms. The molecule has 1 aromatic heterocycles. The zero-order valence-electron chi connectivity index (χ0n) is 17.7. The van der Waals surface area contributed by atoms with Crippen LogP contribution in [0.4, 0.5) is 10.3 Å². The molecule has 2 atom stereocenters. The van der Waals surface area contributed by atoms with Crippen molar-refractivity contribution in [2.24, 2.45) is 17.8 Å². The largest absolute Gasteiger partial charge is 0.395 e. The number of anilines is 1. The van der Waals surface area contributed by atoms with Gasteiger partial charge in [0.1, 0.15) is 5.82 Å². The number of hydrogen-bond acceptors (Lipinski definition) is 7. The van der Waals surface area contributed by atoms with Crippen LogP contribution in [0, 0.1) is 23.6 Å². The van der Waals surface area contributed by atoms with Crippen LogP contribution in [0.1, 0.15) is 24.8 Å². The number of aliphatic hydroxyl groups is 1. The van der Waals surface area contributed by atoms with E-state index in [0.29, 0.717) is 29.9 Å². The molecule has 0 unspecified atom stereocenters. The van der Waals surface area contributed by atoms with Gasteiger partial charge in [-0.05, 0) is 65.1 Å². The quantitative estimate of drug-likeness (QED) is 0.535. The van der Waals surface area contributed by atoms with E-state index in [1.807, 2.05) is 0 Å². The molecule has 2 fully saturated rings. The van der Waals surface area contributed by atoms with Crippen molar-refractivity contribution < 1.29 is 22.7 Å². The summed E-state index contributed by atoms with van der Waals surface area (Å²) >= 11 is 3.36. The second kappa shape index (κ2) is 10.1. The van der Waals surface area contributed by atoms with Crippen molar-refractivity contribution >= 4 is 31.7 Å². The van der Waals surface area contributed by atoms with E-state index in [4.69, 9.17) is 9.84 Å². The van der Waals surface area contributed by atoms with Crippen molar-refractivity contribution in [1.29, 1.82) is 0 Å². The van der Waals surface area contributed by atoms with E-state index >= 15 is 0 Å². The topological polar surface area (TPSA) is 92.6 Å². The van der Waals surface area contributed by atoms with Gasteiger partial charge >= 0.3 is 0 Å². The second-order valence-corrected chi connectivity index (χ2v) is 11.5. The molecule has 4 rings (SSSR count). The summed E-state index contributed by atoms with van der Waals surface area (Å²) < 4.78 is 44.8. The van der Waals surface area contributed by atoms with E-state index in [9.17, 15) is 12.8 Å². The first-order valence-corrected chi connectivity index (χ1v) is 13.2. The molecule has 1 N–H and O–H groups in total. The van der Waals surface area contributed by atoms with E-state index in [1.165, 1.54) is 12.1 Å². The first-order chi connectivity index (χ1) is 15.4. The highest BCUT2D eigenvalue weighted by molar-refractivity contribution is 9.10. The Balaban J connectivity index is 1.20. The van der Waals surface area contributed by atoms with Crippen LogP contribution in [0.3, 0.4) is 0 Å². The number of halogens is 2. The van der Waals surface area contributed by atoms with E-state index in [2.05, 4.69) is 30.8 Å². The number of hydrogen-bond donors (Lipinski definition) is 1. The summed E-state index contributed by atoms with van der Waals surface area (Å²) in [5.74, 6) is 1.59. The zero-order valence-corrected chi connectivity index (χ0v) is 20.1. The van der Waals surface area contributed by atoms with Crippen molar-refractivity contribution in [3.05, 3.63) is 46.4 Å². The Morgan fingerprint density at radius 2 is 1.94 bits per heavy atom. The van der Waals surface area contributed by atoms with Gasteiger partial charge in [-0.25, -0.2) is 22.8 Å². The number of aromatic nitrogens is 2. The van der Waals surface area contributed by atoms with E-state index < -0.39 is 28.0 Å². The van der Waals surface area contributed by atoms with Crippen LogP contribution in [0.15, 0.2) is 40.0 Å². The Hall–Kier alpha value is -1.62. The van der Waals surface area contributed by atoms with Crippen molar-refractivity contribution in [2.75, 3.05) is 37.0 Å². The molecule has 1 aliphatic heterocycles. The summed E-state index contributed by atoms with van der Waals surface area (Å²) in [6, 6.07) is 3.83. The normalized spacial score (nSPS) is 21.7. The molecule has 174 valence electrons. The van der Waals surface area contributed by atoms with Gasteiger partial charge in [-0.15, -0.1) is 0 Å². The molecule has 2 aliphatic rings. The summed E-state index contributed by atoms with van der Waals surface area (Å²) in [6.07, 6.45) is 6.90. The third kappa shape index (κ3) is 5.65. The second-order valence-electron chi connectivity index (χ2n) is 8.50. The van der Waals surface area contributed by atoms with Crippen molar-refractivity contribution in [2.45, 2.75) is 30.8 Å². The Labute approximate surface area is 196 Å². The minimum atomic E-state index is -3.66. The van der Waals surface area contributed by atoms with Gasteiger partial charge in [0.2, 0.25) is 5.95 Å². The lowest BCUT2D eigenvalue weighted by molar-refractivity contribution is 0.102. The van der Waals surface area contributed by atoms with E-state index in [-0.39, 0.29) is 11.5 Å². The highest BCUT2D eigenvalue weighted by Crippen LogP contribution is 2.48. The van der Waals surface area contributed by atoms with Crippen LogP contribution < -0.4 is 4.90 Å². The number of nitrogens with zero attached hydrogens (tertiary/aromatic N) is 3. The zero-order chi connectivity index (χ0) is 22.7. The third-order valence-corrected chi connectivity index (χ3v) is 8.45. The molecule has 0 bridgehead atoms. The molecule has 2 heterocycles. The molecule has 2 aromatic rings. The molecule has 7 nitrogen and oxygen atoms in total. The third-order valence-electron chi connectivity index (χ3n) is 6.35. The predicted molar refractivity (Wildman–Crippen MR) is 121 cm³/mol.